The molecule has 0 aliphatic heterocycles. The van der Waals surface area contributed by atoms with Crippen LogP contribution in [0.1, 0.15) is 66.7 Å². The summed E-state index contributed by atoms with van der Waals surface area (Å²) in [4.78, 5) is 64.3. The number of likely N-dealkylation sites (N-methyl/N-ethyl adjacent to an activating group) is 1. The summed E-state index contributed by atoms with van der Waals surface area (Å²) in [7, 11) is 1.31. The first-order chi connectivity index (χ1) is 19.2. The number of amides is 5. The zero-order valence-corrected chi connectivity index (χ0v) is 25.1. The third-order valence-corrected chi connectivity index (χ3v) is 6.75. The molecule has 0 saturated heterocycles. The Balaban J connectivity index is 5.73. The zero-order valence-electron chi connectivity index (χ0n) is 25.1. The minimum absolute atomic E-state index is 0.0924. The van der Waals surface area contributed by atoms with E-state index in [1.165, 1.54) is 14.0 Å². The third kappa shape index (κ3) is 13.4. The lowest BCUT2D eigenvalue weighted by atomic mass is 10.0. The molecule has 14 heteroatoms. The van der Waals surface area contributed by atoms with Gasteiger partial charge in [0.05, 0.1) is 19.3 Å². The van der Waals surface area contributed by atoms with Gasteiger partial charge in [-0.3, -0.25) is 24.0 Å². The minimum Gasteiger partial charge on any atom is -0.394 e. The molecule has 0 fully saturated rings. The Morgan fingerprint density at radius 1 is 0.927 bits per heavy atom. The van der Waals surface area contributed by atoms with E-state index < -0.39 is 67.1 Å². The van der Waals surface area contributed by atoms with Crippen molar-refractivity contribution in [1.82, 2.24) is 26.2 Å². The quantitative estimate of drug-likeness (QED) is 0.0620. The van der Waals surface area contributed by atoms with Gasteiger partial charge in [-0.25, -0.2) is 0 Å². The summed E-state index contributed by atoms with van der Waals surface area (Å²) in [6.07, 6.45) is 2.73. The van der Waals surface area contributed by atoms with Gasteiger partial charge in [0.25, 0.3) is 0 Å². The van der Waals surface area contributed by atoms with Crippen LogP contribution >= 0.6 is 0 Å². The van der Waals surface area contributed by atoms with Crippen LogP contribution in [0.5, 0.6) is 0 Å². The molecule has 0 saturated carbocycles. The van der Waals surface area contributed by atoms with Crippen molar-refractivity contribution in [1.29, 1.82) is 0 Å². The maximum absolute atomic E-state index is 13.3. The summed E-state index contributed by atoms with van der Waals surface area (Å²) >= 11 is 0. The van der Waals surface area contributed by atoms with E-state index in [0.29, 0.717) is 32.2 Å². The molecular weight excluding hydrogens is 536 g/mol. The first-order valence-corrected chi connectivity index (χ1v) is 14.0. The molecule has 0 spiro atoms. The van der Waals surface area contributed by atoms with Crippen LogP contribution in [0, 0.1) is 0 Å². The molecule has 9 N–H and O–H groups in total. The average Bonchev–Trinajstić information content (AvgIpc) is 2.94. The highest BCUT2D eigenvalue weighted by Crippen LogP contribution is 2.11. The topological polar surface area (TPSA) is 223 Å². The van der Waals surface area contributed by atoms with Crippen LogP contribution in [0.25, 0.3) is 0 Å². The number of nitrogens with two attached hydrogens (primary N) is 1. The number of nitrogens with zero attached hydrogens (tertiary/aromatic N) is 1. The van der Waals surface area contributed by atoms with Crippen molar-refractivity contribution < 1.29 is 39.3 Å². The van der Waals surface area contributed by atoms with Gasteiger partial charge in [-0.2, -0.15) is 0 Å². The van der Waals surface area contributed by atoms with Crippen LogP contribution in [-0.2, 0) is 24.0 Å². The maximum atomic E-state index is 13.3. The molecule has 0 aromatic heterocycles. The van der Waals surface area contributed by atoms with Crippen molar-refractivity contribution in [2.24, 2.45) is 5.73 Å². The predicted octanol–water partition coefficient (Wildman–Crippen LogP) is -1.97. The van der Waals surface area contributed by atoms with E-state index in [4.69, 9.17) is 5.73 Å². The fraction of sp³-hybridized carbons (Fsp3) is 0.741. The van der Waals surface area contributed by atoms with E-state index in [1.807, 2.05) is 26.8 Å². The first-order valence-electron chi connectivity index (χ1n) is 14.0. The summed E-state index contributed by atoms with van der Waals surface area (Å²) in [6, 6.07) is -5.60. The molecule has 14 nitrogen and oxygen atoms in total. The molecule has 236 valence electrons. The largest absolute Gasteiger partial charge is 0.394 e. The monoisotopic (exact) mass is 586 g/mol. The Hall–Kier alpha value is -3.07. The van der Waals surface area contributed by atoms with E-state index in [2.05, 4.69) is 21.3 Å². The van der Waals surface area contributed by atoms with Gasteiger partial charge in [-0.15, -0.1) is 0 Å². The van der Waals surface area contributed by atoms with E-state index in [9.17, 15) is 39.3 Å². The van der Waals surface area contributed by atoms with Gasteiger partial charge < -0.3 is 47.2 Å². The SMILES string of the molecule is CC=C(C)[C@H](C)NC(=O)[C@H](CO)NC(=O)[C@H](CCCCNC(=O)CCC)N(C)C(=O)[C@H](CO)NC(=O)[C@@H](N)C(C)O. The van der Waals surface area contributed by atoms with E-state index in [0.717, 1.165) is 10.5 Å². The standard InChI is InChI=1S/C27H50N6O8/c1-7-11-22(37)29-13-10-9-12-21(25(39)31-19(14-34)24(38)30-17(4)16(3)8-2)33(6)27(41)20(15-35)32-26(40)23(28)18(5)36/h8,17-21,23,34-36H,7,9-15,28H2,1-6H3,(H,29,37)(H,30,38)(H,31,39)(H,32,40)/t17-,18?,19-,20-,21-,23-/m0/s1. The lowest BCUT2D eigenvalue weighted by molar-refractivity contribution is -0.144. The minimum atomic E-state index is -1.46. The molecule has 41 heavy (non-hydrogen) atoms. The Morgan fingerprint density at radius 2 is 1.51 bits per heavy atom. The highest BCUT2D eigenvalue weighted by atomic mass is 16.3. The van der Waals surface area contributed by atoms with Crippen molar-refractivity contribution >= 4 is 29.5 Å². The highest BCUT2D eigenvalue weighted by Gasteiger charge is 2.34. The summed E-state index contributed by atoms with van der Waals surface area (Å²) in [5, 5.41) is 39.4. The van der Waals surface area contributed by atoms with Gasteiger partial charge in [0.1, 0.15) is 24.2 Å². The Bertz CT molecular complexity index is 897. The van der Waals surface area contributed by atoms with Crippen molar-refractivity contribution in [2.45, 2.75) is 103 Å². The molecule has 0 heterocycles. The van der Waals surface area contributed by atoms with Crippen molar-refractivity contribution in [2.75, 3.05) is 26.8 Å². The average molecular weight is 587 g/mol. The van der Waals surface area contributed by atoms with Crippen LogP contribution in [0.4, 0.5) is 0 Å². The fourth-order valence-electron chi connectivity index (χ4n) is 3.72. The Kier molecular flexibility index (Phi) is 18.4. The lowest BCUT2D eigenvalue weighted by Gasteiger charge is -2.32. The smallest absolute Gasteiger partial charge is 0.247 e. The van der Waals surface area contributed by atoms with Crippen LogP contribution in [0.2, 0.25) is 0 Å². The fourth-order valence-corrected chi connectivity index (χ4v) is 3.72. The third-order valence-electron chi connectivity index (χ3n) is 6.75. The van der Waals surface area contributed by atoms with Crippen LogP contribution < -0.4 is 27.0 Å². The number of aliphatic hydroxyl groups excluding tert-OH is 3. The molecule has 0 aromatic rings. The summed E-state index contributed by atoms with van der Waals surface area (Å²) in [5.74, 6) is -3.12. The van der Waals surface area contributed by atoms with Crippen LogP contribution in [0.3, 0.4) is 0 Å². The number of carbonyl (C=O) groups is 5. The molecule has 6 atom stereocenters. The second-order valence-corrected chi connectivity index (χ2v) is 10.1. The van der Waals surface area contributed by atoms with Gasteiger partial charge in [0.15, 0.2) is 0 Å². The number of carbonyl (C=O) groups excluding carboxylic acids is 5. The summed E-state index contributed by atoms with van der Waals surface area (Å²) in [5.41, 5.74) is 6.49. The molecule has 0 rings (SSSR count). The number of allylic oxidation sites excluding steroid dienone is 1. The Labute approximate surface area is 242 Å². The van der Waals surface area contributed by atoms with Crippen LogP contribution in [-0.4, -0.2) is 113 Å². The van der Waals surface area contributed by atoms with E-state index >= 15 is 0 Å². The molecule has 0 bridgehead atoms. The molecule has 0 radical (unpaired) electrons. The Morgan fingerprint density at radius 3 is 2.02 bits per heavy atom. The number of hydrogen-bond donors (Lipinski definition) is 8. The zero-order chi connectivity index (χ0) is 31.7. The van der Waals surface area contributed by atoms with Crippen molar-refractivity contribution in [3.05, 3.63) is 11.6 Å². The molecule has 0 aromatic carbocycles. The van der Waals surface area contributed by atoms with E-state index in [-0.39, 0.29) is 18.4 Å². The van der Waals surface area contributed by atoms with Gasteiger partial charge in [-0.05, 0) is 53.4 Å². The van der Waals surface area contributed by atoms with E-state index in [1.54, 1.807) is 6.92 Å². The van der Waals surface area contributed by atoms with Crippen LogP contribution in [0.15, 0.2) is 11.6 Å². The van der Waals surface area contributed by atoms with Gasteiger partial charge >= 0.3 is 0 Å². The van der Waals surface area contributed by atoms with Gasteiger partial charge in [0, 0.05) is 26.1 Å². The van der Waals surface area contributed by atoms with Gasteiger partial charge in [-0.1, -0.05) is 18.6 Å². The number of hydrogen-bond acceptors (Lipinski definition) is 9. The molecule has 0 aliphatic rings. The molecular formula is C27H50N6O8. The normalized spacial score (nSPS) is 15.9. The van der Waals surface area contributed by atoms with Crippen molar-refractivity contribution in [3.8, 4) is 0 Å². The predicted molar refractivity (Wildman–Crippen MR) is 153 cm³/mol. The number of aliphatic hydroxyl groups is 3. The second-order valence-electron chi connectivity index (χ2n) is 10.1. The number of nitrogens with one attached hydrogen (secondary N) is 4. The number of rotatable bonds is 19. The second kappa shape index (κ2) is 19.9. The molecule has 5 amide bonds. The molecule has 0 aliphatic carbocycles. The van der Waals surface area contributed by atoms with Gasteiger partial charge in [0.2, 0.25) is 29.5 Å². The summed E-state index contributed by atoms with van der Waals surface area (Å²) in [6.45, 7) is 7.44. The highest BCUT2D eigenvalue weighted by molar-refractivity contribution is 5.95. The first kappa shape index (κ1) is 37.9. The lowest BCUT2D eigenvalue weighted by Crippen LogP contribution is -2.60. The number of unbranched alkanes of at least 4 members (excludes halogenated alkanes) is 1. The maximum Gasteiger partial charge on any atom is 0.247 e. The summed E-state index contributed by atoms with van der Waals surface area (Å²) < 4.78 is 0. The van der Waals surface area contributed by atoms with Crippen molar-refractivity contribution in [3.63, 3.8) is 0 Å². The molecule has 1 unspecified atom stereocenters.